The van der Waals surface area contributed by atoms with Crippen molar-refractivity contribution in [2.24, 2.45) is 5.92 Å². The van der Waals surface area contributed by atoms with E-state index in [9.17, 15) is 15.0 Å². The number of aliphatic carboxylic acids is 1. The summed E-state index contributed by atoms with van der Waals surface area (Å²) in [5.41, 5.74) is 2.44. The van der Waals surface area contributed by atoms with Gasteiger partial charge in [0.15, 0.2) is 0 Å². The summed E-state index contributed by atoms with van der Waals surface area (Å²) < 4.78 is 0. The third kappa shape index (κ3) is 4.40. The number of carboxylic acids is 1. The normalized spacial score (nSPS) is 23.9. The highest BCUT2D eigenvalue weighted by molar-refractivity contribution is 5.92. The maximum Gasteiger partial charge on any atom is 0.332 e. The lowest BCUT2D eigenvalue weighted by Gasteiger charge is -2.45. The molecule has 0 aromatic heterocycles. The first kappa shape index (κ1) is 19.2. The number of carboxylic acid groups (broad SMARTS) is 1. The molecule has 2 unspecified atom stereocenters. The molecule has 4 heteroatoms. The Balaban J connectivity index is 1.73. The molecule has 0 spiro atoms. The first-order chi connectivity index (χ1) is 12.9. The number of rotatable bonds is 5. The molecule has 142 valence electrons. The Bertz CT molecular complexity index is 831. The quantitative estimate of drug-likeness (QED) is 0.781. The molecule has 4 nitrogen and oxygen atoms in total. The van der Waals surface area contributed by atoms with Crippen molar-refractivity contribution < 1.29 is 15.0 Å². The van der Waals surface area contributed by atoms with Crippen LogP contribution in [-0.4, -0.2) is 40.7 Å². The number of phenols is 1. The Morgan fingerprint density at radius 1 is 1.22 bits per heavy atom. The molecule has 1 aliphatic rings. The molecule has 0 bridgehead atoms. The van der Waals surface area contributed by atoms with E-state index in [4.69, 9.17) is 0 Å². The number of hydrogen-bond acceptors (Lipinski definition) is 3. The number of nitrogens with zero attached hydrogens (tertiary/aromatic N) is 1. The van der Waals surface area contributed by atoms with Crippen molar-refractivity contribution in [1.82, 2.24) is 4.90 Å². The van der Waals surface area contributed by atoms with Gasteiger partial charge in [-0.05, 0) is 53.6 Å². The number of hydrogen-bond donors (Lipinski definition) is 2. The first-order valence-corrected chi connectivity index (χ1v) is 9.39. The van der Waals surface area contributed by atoms with Gasteiger partial charge in [0.2, 0.25) is 0 Å². The fourth-order valence-electron chi connectivity index (χ4n) is 3.92. The van der Waals surface area contributed by atoms with Gasteiger partial charge in [0.1, 0.15) is 5.75 Å². The molecule has 2 aromatic carbocycles. The summed E-state index contributed by atoms with van der Waals surface area (Å²) in [6, 6.07) is 17.1. The third-order valence-corrected chi connectivity index (χ3v) is 5.88. The molecule has 0 saturated carbocycles. The molecule has 1 heterocycles. The van der Waals surface area contributed by atoms with Crippen molar-refractivity contribution >= 4 is 12.0 Å². The minimum Gasteiger partial charge on any atom is -0.508 e. The summed E-state index contributed by atoms with van der Waals surface area (Å²) in [6.07, 6.45) is 2.69. The van der Waals surface area contributed by atoms with Crippen LogP contribution in [0, 0.1) is 5.92 Å². The molecule has 2 N–H and O–H groups in total. The van der Waals surface area contributed by atoms with Crippen LogP contribution in [-0.2, 0) is 10.2 Å². The lowest BCUT2D eigenvalue weighted by molar-refractivity contribution is -0.132. The average molecular weight is 365 g/mol. The molecule has 27 heavy (non-hydrogen) atoms. The van der Waals surface area contributed by atoms with Crippen molar-refractivity contribution in [3.63, 3.8) is 0 Å². The molecule has 1 saturated heterocycles. The van der Waals surface area contributed by atoms with E-state index in [1.807, 2.05) is 42.5 Å². The second kappa shape index (κ2) is 7.97. The maximum atomic E-state index is 11.7. The Morgan fingerprint density at radius 3 is 2.59 bits per heavy atom. The molecule has 2 aromatic rings. The summed E-state index contributed by atoms with van der Waals surface area (Å²) in [5, 5.41) is 19.5. The minimum atomic E-state index is -0.868. The number of piperidine rings is 1. The van der Waals surface area contributed by atoms with Gasteiger partial charge in [-0.3, -0.25) is 4.90 Å². The molecular weight excluding hydrogens is 338 g/mol. The molecule has 2 atom stereocenters. The van der Waals surface area contributed by atoms with Crippen LogP contribution in [0.25, 0.3) is 6.08 Å². The van der Waals surface area contributed by atoms with Crippen molar-refractivity contribution in [2.45, 2.75) is 25.7 Å². The molecule has 1 fully saturated rings. The van der Waals surface area contributed by atoms with E-state index < -0.39 is 5.97 Å². The third-order valence-electron chi connectivity index (χ3n) is 5.88. The number of aromatic hydroxyl groups is 1. The first-order valence-electron chi connectivity index (χ1n) is 9.39. The van der Waals surface area contributed by atoms with E-state index in [0.717, 1.165) is 30.6 Å². The fourth-order valence-corrected chi connectivity index (χ4v) is 3.92. The van der Waals surface area contributed by atoms with Gasteiger partial charge in [-0.2, -0.15) is 0 Å². The van der Waals surface area contributed by atoms with E-state index in [0.29, 0.717) is 23.8 Å². The lowest BCUT2D eigenvalue weighted by Crippen LogP contribution is -2.48. The van der Waals surface area contributed by atoms with Gasteiger partial charge in [0.25, 0.3) is 0 Å². The van der Waals surface area contributed by atoms with E-state index in [2.05, 4.69) is 24.8 Å². The Morgan fingerprint density at radius 2 is 1.96 bits per heavy atom. The van der Waals surface area contributed by atoms with E-state index in [1.54, 1.807) is 12.1 Å². The summed E-state index contributed by atoms with van der Waals surface area (Å²) >= 11 is 0. The van der Waals surface area contributed by atoms with Crippen LogP contribution < -0.4 is 0 Å². The molecule has 0 aliphatic carbocycles. The second-order valence-corrected chi connectivity index (χ2v) is 7.74. The Hall–Kier alpha value is -2.59. The zero-order valence-corrected chi connectivity index (χ0v) is 15.9. The predicted molar refractivity (Wildman–Crippen MR) is 108 cm³/mol. The summed E-state index contributed by atoms with van der Waals surface area (Å²) in [7, 11) is 0. The van der Waals surface area contributed by atoms with Crippen molar-refractivity contribution in [2.75, 3.05) is 19.6 Å². The van der Waals surface area contributed by atoms with E-state index in [1.165, 1.54) is 0 Å². The van der Waals surface area contributed by atoms with Gasteiger partial charge in [-0.15, -0.1) is 0 Å². The molecule has 0 amide bonds. The van der Waals surface area contributed by atoms with Gasteiger partial charge < -0.3 is 10.2 Å². The smallest absolute Gasteiger partial charge is 0.332 e. The minimum absolute atomic E-state index is 0.0260. The average Bonchev–Trinajstić information content (AvgIpc) is 2.65. The Labute approximate surface area is 160 Å². The van der Waals surface area contributed by atoms with E-state index in [-0.39, 0.29) is 5.41 Å². The lowest BCUT2D eigenvalue weighted by atomic mass is 9.68. The standard InChI is InChI=1S/C23H27NO3/c1-17-15-24(12-11-23(17,2)20-9-6-10-21(25)14-20)16-19(22(26)27)13-18-7-4-3-5-8-18/h3-10,13-14,17,25H,11-12,15-16H2,1-2H3,(H,26,27). The number of carbonyl (C=O) groups is 1. The van der Waals surface area contributed by atoms with Gasteiger partial charge in [0.05, 0.1) is 5.57 Å². The van der Waals surface area contributed by atoms with Gasteiger partial charge in [0, 0.05) is 13.1 Å². The Kier molecular flexibility index (Phi) is 5.66. The van der Waals surface area contributed by atoms with Gasteiger partial charge >= 0.3 is 5.97 Å². The highest BCUT2D eigenvalue weighted by atomic mass is 16.4. The summed E-state index contributed by atoms with van der Waals surface area (Å²) in [6.45, 7) is 6.53. The van der Waals surface area contributed by atoms with Gasteiger partial charge in [-0.1, -0.05) is 56.3 Å². The predicted octanol–water partition coefficient (Wildman–Crippen LogP) is 4.16. The molecule has 3 rings (SSSR count). The topological polar surface area (TPSA) is 60.8 Å². The number of benzene rings is 2. The largest absolute Gasteiger partial charge is 0.508 e. The van der Waals surface area contributed by atoms with E-state index >= 15 is 0 Å². The van der Waals surface area contributed by atoms with Crippen LogP contribution in [0.15, 0.2) is 60.2 Å². The second-order valence-electron chi connectivity index (χ2n) is 7.74. The van der Waals surface area contributed by atoms with Crippen LogP contribution in [0.3, 0.4) is 0 Å². The van der Waals surface area contributed by atoms with Crippen molar-refractivity contribution in [3.05, 3.63) is 71.3 Å². The fraction of sp³-hybridized carbons (Fsp3) is 0.348. The van der Waals surface area contributed by atoms with Crippen LogP contribution in [0.4, 0.5) is 0 Å². The van der Waals surface area contributed by atoms with Crippen molar-refractivity contribution in [1.29, 1.82) is 0 Å². The maximum absolute atomic E-state index is 11.7. The molecule has 0 radical (unpaired) electrons. The van der Waals surface area contributed by atoms with Crippen molar-refractivity contribution in [3.8, 4) is 5.75 Å². The zero-order valence-electron chi connectivity index (χ0n) is 15.9. The van der Waals surface area contributed by atoms with Crippen LogP contribution in [0.5, 0.6) is 5.75 Å². The highest BCUT2D eigenvalue weighted by Crippen LogP contribution is 2.40. The zero-order chi connectivity index (χ0) is 19.4. The summed E-state index contributed by atoms with van der Waals surface area (Å²) in [5.74, 6) is -0.227. The van der Waals surface area contributed by atoms with Crippen LogP contribution in [0.1, 0.15) is 31.4 Å². The molecular formula is C23H27NO3. The number of likely N-dealkylation sites (tertiary alicyclic amines) is 1. The summed E-state index contributed by atoms with van der Waals surface area (Å²) in [4.78, 5) is 13.9. The number of phenolic OH excluding ortho intramolecular Hbond substituents is 1. The van der Waals surface area contributed by atoms with Crippen LogP contribution >= 0.6 is 0 Å². The molecule has 1 aliphatic heterocycles. The van der Waals surface area contributed by atoms with Gasteiger partial charge in [-0.25, -0.2) is 4.79 Å². The monoisotopic (exact) mass is 365 g/mol. The highest BCUT2D eigenvalue weighted by Gasteiger charge is 2.38. The SMILES string of the molecule is CC1CN(CC(=Cc2ccccc2)C(=O)O)CCC1(C)c1cccc(O)c1. The van der Waals surface area contributed by atoms with Crippen LogP contribution in [0.2, 0.25) is 0 Å².